The van der Waals surface area contributed by atoms with Gasteiger partial charge in [-0.25, -0.2) is 0 Å². The summed E-state index contributed by atoms with van der Waals surface area (Å²) in [6, 6.07) is 0.463. The second-order valence-corrected chi connectivity index (χ2v) is 5.27. The number of thioether (sulfide) groups is 1. The third-order valence-electron chi connectivity index (χ3n) is 2.69. The summed E-state index contributed by atoms with van der Waals surface area (Å²) >= 11 is 1.96. The SMILES string of the molecule is O=C(CC1CC1)CC1CSCCN1. The van der Waals surface area contributed by atoms with Gasteiger partial charge in [0.2, 0.25) is 0 Å². The lowest BCUT2D eigenvalue weighted by atomic mass is 10.1. The molecule has 1 saturated heterocycles. The number of ketones is 1. The van der Waals surface area contributed by atoms with Crippen LogP contribution in [-0.2, 0) is 4.79 Å². The summed E-state index contributed by atoms with van der Waals surface area (Å²) in [5.41, 5.74) is 0. The van der Waals surface area contributed by atoms with E-state index in [4.69, 9.17) is 0 Å². The van der Waals surface area contributed by atoms with E-state index in [1.807, 2.05) is 11.8 Å². The van der Waals surface area contributed by atoms with Crippen LogP contribution in [0.2, 0.25) is 0 Å². The second-order valence-electron chi connectivity index (χ2n) is 4.12. The quantitative estimate of drug-likeness (QED) is 0.743. The van der Waals surface area contributed by atoms with Crippen LogP contribution in [-0.4, -0.2) is 29.9 Å². The molecule has 1 saturated carbocycles. The first-order valence-electron chi connectivity index (χ1n) is 5.17. The van der Waals surface area contributed by atoms with Crippen LogP contribution in [0.25, 0.3) is 0 Å². The van der Waals surface area contributed by atoms with Gasteiger partial charge in [-0.15, -0.1) is 0 Å². The van der Waals surface area contributed by atoms with E-state index >= 15 is 0 Å². The number of hydrogen-bond acceptors (Lipinski definition) is 3. The van der Waals surface area contributed by atoms with Gasteiger partial charge in [0.25, 0.3) is 0 Å². The fourth-order valence-corrected chi connectivity index (χ4v) is 2.70. The van der Waals surface area contributed by atoms with Gasteiger partial charge in [-0.2, -0.15) is 11.8 Å². The Labute approximate surface area is 83.8 Å². The van der Waals surface area contributed by atoms with E-state index in [9.17, 15) is 4.79 Å². The predicted molar refractivity (Wildman–Crippen MR) is 56.1 cm³/mol. The molecule has 13 heavy (non-hydrogen) atoms. The normalized spacial score (nSPS) is 28.8. The van der Waals surface area contributed by atoms with E-state index in [1.165, 1.54) is 18.6 Å². The van der Waals surface area contributed by atoms with Gasteiger partial charge in [0, 0.05) is 36.9 Å². The van der Waals surface area contributed by atoms with Crippen molar-refractivity contribution in [3.05, 3.63) is 0 Å². The lowest BCUT2D eigenvalue weighted by molar-refractivity contribution is -0.119. The molecule has 1 aliphatic carbocycles. The number of carbonyl (C=O) groups is 1. The maximum absolute atomic E-state index is 11.5. The maximum atomic E-state index is 11.5. The van der Waals surface area contributed by atoms with Gasteiger partial charge in [0.05, 0.1) is 0 Å². The highest BCUT2D eigenvalue weighted by atomic mass is 32.2. The van der Waals surface area contributed by atoms with E-state index < -0.39 is 0 Å². The van der Waals surface area contributed by atoms with Gasteiger partial charge in [-0.05, 0) is 18.8 Å². The molecular weight excluding hydrogens is 182 g/mol. The molecule has 0 bridgehead atoms. The molecule has 3 heteroatoms. The summed E-state index contributed by atoms with van der Waals surface area (Å²) in [6.07, 6.45) is 4.20. The second kappa shape index (κ2) is 4.47. The van der Waals surface area contributed by atoms with E-state index in [-0.39, 0.29) is 0 Å². The summed E-state index contributed by atoms with van der Waals surface area (Å²) in [6.45, 7) is 1.08. The summed E-state index contributed by atoms with van der Waals surface area (Å²) in [4.78, 5) is 11.5. The van der Waals surface area contributed by atoms with Crippen molar-refractivity contribution in [3.63, 3.8) is 0 Å². The maximum Gasteiger partial charge on any atom is 0.134 e. The Kier molecular flexibility index (Phi) is 3.28. The van der Waals surface area contributed by atoms with Crippen LogP contribution in [0.1, 0.15) is 25.7 Å². The molecule has 2 rings (SSSR count). The van der Waals surface area contributed by atoms with Crippen molar-refractivity contribution < 1.29 is 4.79 Å². The van der Waals surface area contributed by atoms with Crippen LogP contribution in [0.3, 0.4) is 0 Å². The molecule has 0 radical (unpaired) electrons. The van der Waals surface area contributed by atoms with Crippen LogP contribution < -0.4 is 5.32 Å². The Balaban J connectivity index is 1.66. The van der Waals surface area contributed by atoms with Crippen LogP contribution in [0.4, 0.5) is 0 Å². The van der Waals surface area contributed by atoms with Crippen molar-refractivity contribution in [3.8, 4) is 0 Å². The van der Waals surface area contributed by atoms with E-state index in [2.05, 4.69) is 5.32 Å². The van der Waals surface area contributed by atoms with Crippen molar-refractivity contribution >= 4 is 17.5 Å². The number of hydrogen-bond donors (Lipinski definition) is 1. The zero-order valence-electron chi connectivity index (χ0n) is 7.92. The molecule has 0 aromatic rings. The van der Waals surface area contributed by atoms with Gasteiger partial charge in [-0.1, -0.05) is 0 Å². The lowest BCUT2D eigenvalue weighted by Crippen LogP contribution is -2.38. The predicted octanol–water partition coefficient (Wildman–Crippen LogP) is 1.45. The molecule has 2 fully saturated rings. The minimum atomic E-state index is 0.463. The first-order valence-corrected chi connectivity index (χ1v) is 6.33. The molecule has 1 unspecified atom stereocenters. The molecule has 0 aromatic carbocycles. The monoisotopic (exact) mass is 199 g/mol. The van der Waals surface area contributed by atoms with Crippen LogP contribution >= 0.6 is 11.8 Å². The Morgan fingerprint density at radius 1 is 1.38 bits per heavy atom. The number of nitrogens with one attached hydrogen (secondary N) is 1. The Bertz CT molecular complexity index is 185. The Hall–Kier alpha value is -0.0200. The average Bonchev–Trinajstić information content (AvgIpc) is 2.90. The van der Waals surface area contributed by atoms with Crippen molar-refractivity contribution in [2.24, 2.45) is 5.92 Å². The molecule has 0 amide bonds. The summed E-state index contributed by atoms with van der Waals surface area (Å²) in [5.74, 6) is 3.55. The zero-order chi connectivity index (χ0) is 9.10. The van der Waals surface area contributed by atoms with E-state index in [1.54, 1.807) is 0 Å². The number of Topliss-reactive ketones (excluding diaryl/α,β-unsaturated/α-hetero) is 1. The number of carbonyl (C=O) groups excluding carboxylic acids is 1. The standard InChI is InChI=1S/C10H17NOS/c12-10(5-8-1-2-8)6-9-7-13-4-3-11-9/h8-9,11H,1-7H2. The average molecular weight is 199 g/mol. The van der Waals surface area contributed by atoms with Gasteiger partial charge in [-0.3, -0.25) is 4.79 Å². The zero-order valence-corrected chi connectivity index (χ0v) is 8.74. The lowest BCUT2D eigenvalue weighted by Gasteiger charge is -2.22. The highest BCUT2D eigenvalue weighted by molar-refractivity contribution is 7.99. The van der Waals surface area contributed by atoms with Crippen molar-refractivity contribution in [1.29, 1.82) is 0 Å². The largest absolute Gasteiger partial charge is 0.312 e. The highest BCUT2D eigenvalue weighted by Gasteiger charge is 2.25. The molecule has 74 valence electrons. The molecule has 0 aromatic heterocycles. The first kappa shape index (κ1) is 9.53. The van der Waals surface area contributed by atoms with Gasteiger partial charge in [0.1, 0.15) is 5.78 Å². The van der Waals surface area contributed by atoms with Crippen LogP contribution in [0.15, 0.2) is 0 Å². The van der Waals surface area contributed by atoms with Gasteiger partial charge < -0.3 is 5.32 Å². The topological polar surface area (TPSA) is 29.1 Å². The first-order chi connectivity index (χ1) is 6.34. The molecule has 1 atom stereocenters. The molecule has 2 nitrogen and oxygen atoms in total. The Morgan fingerprint density at radius 3 is 2.85 bits per heavy atom. The van der Waals surface area contributed by atoms with Crippen molar-refractivity contribution in [2.45, 2.75) is 31.7 Å². The fraction of sp³-hybridized carbons (Fsp3) is 0.900. The third-order valence-corrected chi connectivity index (χ3v) is 3.82. The van der Waals surface area contributed by atoms with Crippen LogP contribution in [0.5, 0.6) is 0 Å². The van der Waals surface area contributed by atoms with E-state index in [0.717, 1.165) is 31.1 Å². The Morgan fingerprint density at radius 2 is 2.23 bits per heavy atom. The number of rotatable bonds is 4. The van der Waals surface area contributed by atoms with Crippen molar-refractivity contribution in [2.75, 3.05) is 18.1 Å². The van der Waals surface area contributed by atoms with Crippen LogP contribution in [0, 0.1) is 5.92 Å². The van der Waals surface area contributed by atoms with Crippen molar-refractivity contribution in [1.82, 2.24) is 5.32 Å². The van der Waals surface area contributed by atoms with Gasteiger partial charge >= 0.3 is 0 Å². The molecular formula is C10H17NOS. The summed E-state index contributed by atoms with van der Waals surface area (Å²) in [5, 5.41) is 3.40. The minimum absolute atomic E-state index is 0.463. The highest BCUT2D eigenvalue weighted by Crippen LogP contribution is 2.33. The van der Waals surface area contributed by atoms with Gasteiger partial charge in [0.15, 0.2) is 0 Å². The fourth-order valence-electron chi connectivity index (χ4n) is 1.75. The third kappa shape index (κ3) is 3.31. The molecule has 1 aliphatic heterocycles. The molecule has 0 spiro atoms. The molecule has 2 aliphatic rings. The smallest absolute Gasteiger partial charge is 0.134 e. The molecule has 1 heterocycles. The summed E-state index contributed by atoms with van der Waals surface area (Å²) < 4.78 is 0. The van der Waals surface area contributed by atoms with E-state index in [0.29, 0.717) is 11.8 Å². The summed E-state index contributed by atoms with van der Waals surface area (Å²) in [7, 11) is 0. The minimum Gasteiger partial charge on any atom is -0.312 e. The molecule has 1 N–H and O–H groups in total.